The number of aromatic nitrogens is 2. The Hall–Kier alpha value is -3.07. The first-order chi connectivity index (χ1) is 14.4. The second kappa shape index (κ2) is 7.98. The predicted molar refractivity (Wildman–Crippen MR) is 110 cm³/mol. The minimum Gasteiger partial charge on any atom is -0.497 e. The fourth-order valence-electron chi connectivity index (χ4n) is 4.24. The van der Waals surface area contributed by atoms with Crippen molar-refractivity contribution in [2.75, 3.05) is 33.8 Å². The van der Waals surface area contributed by atoms with Crippen LogP contribution in [-0.2, 0) is 6.54 Å². The minimum absolute atomic E-state index is 0.0315. The van der Waals surface area contributed by atoms with E-state index in [1.165, 1.54) is 0 Å². The molecular weight excluding hydrogens is 388 g/mol. The van der Waals surface area contributed by atoms with Gasteiger partial charge in [-0.25, -0.2) is 4.79 Å². The summed E-state index contributed by atoms with van der Waals surface area (Å²) < 4.78 is 11.9. The second-order valence-corrected chi connectivity index (χ2v) is 8.08. The molecule has 3 heterocycles. The fraction of sp³-hybridized carbons (Fsp3) is 0.476. The second-order valence-electron chi connectivity index (χ2n) is 8.08. The summed E-state index contributed by atoms with van der Waals surface area (Å²) in [6.07, 6.45) is 2.52. The summed E-state index contributed by atoms with van der Waals surface area (Å²) in [5, 5.41) is 0. The van der Waals surface area contributed by atoms with E-state index in [4.69, 9.17) is 9.47 Å². The van der Waals surface area contributed by atoms with Gasteiger partial charge in [-0.1, -0.05) is 0 Å². The number of fused-ring (bicyclic) bond motifs is 1. The zero-order valence-electron chi connectivity index (χ0n) is 17.2. The molecule has 1 fully saturated rings. The summed E-state index contributed by atoms with van der Waals surface area (Å²) >= 11 is 0. The minimum atomic E-state index is -0.704. The molecule has 1 amide bonds. The quantitative estimate of drug-likeness (QED) is 0.758. The van der Waals surface area contributed by atoms with E-state index >= 15 is 0 Å². The van der Waals surface area contributed by atoms with Crippen molar-refractivity contribution in [1.29, 1.82) is 0 Å². The average molecular weight is 414 g/mol. The molecule has 2 aromatic rings. The van der Waals surface area contributed by atoms with Gasteiger partial charge in [0.15, 0.2) is 0 Å². The van der Waals surface area contributed by atoms with Crippen LogP contribution >= 0.6 is 0 Å². The lowest BCUT2D eigenvalue weighted by molar-refractivity contribution is 0.0217. The molecule has 2 aliphatic rings. The Bertz CT molecular complexity index is 1030. The van der Waals surface area contributed by atoms with Gasteiger partial charge in [0.25, 0.3) is 11.5 Å². The Balaban J connectivity index is 1.75. The van der Waals surface area contributed by atoms with Crippen molar-refractivity contribution in [2.24, 2.45) is 0 Å². The number of methoxy groups -OCH3 is 1. The highest BCUT2D eigenvalue weighted by Crippen LogP contribution is 2.37. The maximum Gasteiger partial charge on any atom is 0.326 e. The maximum absolute atomic E-state index is 13.3. The number of amides is 1. The van der Waals surface area contributed by atoms with Gasteiger partial charge in [0.05, 0.1) is 13.7 Å². The molecule has 160 valence electrons. The van der Waals surface area contributed by atoms with Crippen LogP contribution < -0.4 is 20.7 Å². The van der Waals surface area contributed by atoms with E-state index in [-0.39, 0.29) is 12.2 Å². The molecule has 2 aliphatic heterocycles. The van der Waals surface area contributed by atoms with Crippen LogP contribution in [0.1, 0.15) is 35.3 Å². The van der Waals surface area contributed by atoms with Crippen LogP contribution in [-0.4, -0.2) is 65.1 Å². The van der Waals surface area contributed by atoms with Gasteiger partial charge in [-0.05, 0) is 44.6 Å². The normalized spacial score (nSPS) is 22.0. The third-order valence-corrected chi connectivity index (χ3v) is 5.83. The van der Waals surface area contributed by atoms with Crippen LogP contribution in [0.15, 0.2) is 33.9 Å². The molecular formula is C21H26N4O5. The molecule has 9 heteroatoms. The average Bonchev–Trinajstić information content (AvgIpc) is 2.99. The van der Waals surface area contributed by atoms with Crippen molar-refractivity contribution in [3.8, 4) is 11.5 Å². The summed E-state index contributed by atoms with van der Waals surface area (Å²) in [4.78, 5) is 45.2. The standard InChI is InChI=1S/C21H26N4O5/c1-24-8-3-6-21(7-9-24)13-25(19(27)16-11-18(26)23-20(28)22-16)12-14-10-15(29-2)4-5-17(14)30-21/h4-5,10-11H,3,6-9,12-13H2,1-2H3,(H2,22,23,26,28). The van der Waals surface area contributed by atoms with Gasteiger partial charge in [0.1, 0.15) is 22.8 Å². The molecule has 1 unspecified atom stereocenters. The number of aromatic amines is 2. The number of carbonyl (C=O) groups is 1. The Kier molecular flexibility index (Phi) is 5.38. The molecule has 0 saturated carbocycles. The van der Waals surface area contributed by atoms with E-state index < -0.39 is 22.8 Å². The first-order valence-electron chi connectivity index (χ1n) is 10.0. The molecule has 1 spiro atoms. The maximum atomic E-state index is 13.3. The van der Waals surface area contributed by atoms with Crippen LogP contribution in [0.3, 0.4) is 0 Å². The topological polar surface area (TPSA) is 108 Å². The van der Waals surface area contributed by atoms with Crippen LogP contribution in [0, 0.1) is 0 Å². The van der Waals surface area contributed by atoms with Crippen molar-refractivity contribution in [3.05, 3.63) is 56.4 Å². The lowest BCUT2D eigenvalue weighted by Crippen LogP contribution is -2.48. The lowest BCUT2D eigenvalue weighted by Gasteiger charge is -2.35. The summed E-state index contributed by atoms with van der Waals surface area (Å²) in [5.41, 5.74) is -1.06. The molecule has 30 heavy (non-hydrogen) atoms. The third-order valence-electron chi connectivity index (χ3n) is 5.83. The van der Waals surface area contributed by atoms with Gasteiger partial charge in [-0.2, -0.15) is 0 Å². The van der Waals surface area contributed by atoms with Gasteiger partial charge in [0, 0.05) is 31.1 Å². The van der Waals surface area contributed by atoms with Gasteiger partial charge in [-0.3, -0.25) is 14.6 Å². The van der Waals surface area contributed by atoms with E-state index in [1.54, 1.807) is 12.0 Å². The highest BCUT2D eigenvalue weighted by molar-refractivity contribution is 5.92. The molecule has 1 atom stereocenters. The highest BCUT2D eigenvalue weighted by Gasteiger charge is 2.40. The first-order valence-corrected chi connectivity index (χ1v) is 10.0. The molecule has 9 nitrogen and oxygen atoms in total. The van der Waals surface area contributed by atoms with E-state index in [9.17, 15) is 14.4 Å². The number of nitrogens with one attached hydrogen (secondary N) is 2. The number of hydrogen-bond donors (Lipinski definition) is 2. The molecule has 1 saturated heterocycles. The van der Waals surface area contributed by atoms with E-state index in [1.807, 2.05) is 18.2 Å². The van der Waals surface area contributed by atoms with Gasteiger partial charge in [-0.15, -0.1) is 0 Å². The van der Waals surface area contributed by atoms with Crippen molar-refractivity contribution < 1.29 is 14.3 Å². The van der Waals surface area contributed by atoms with Gasteiger partial charge in [0.2, 0.25) is 0 Å². The van der Waals surface area contributed by atoms with E-state index in [0.717, 1.165) is 49.7 Å². The van der Waals surface area contributed by atoms with Crippen LogP contribution in [0.25, 0.3) is 0 Å². The summed E-state index contributed by atoms with van der Waals surface area (Å²) in [7, 11) is 3.67. The highest BCUT2D eigenvalue weighted by atomic mass is 16.5. The Morgan fingerprint density at radius 1 is 1.17 bits per heavy atom. The number of nitrogens with zero attached hydrogens (tertiary/aromatic N) is 2. The molecule has 0 aliphatic carbocycles. The van der Waals surface area contributed by atoms with Crippen molar-refractivity contribution >= 4 is 5.91 Å². The monoisotopic (exact) mass is 414 g/mol. The number of benzene rings is 1. The fourth-order valence-corrected chi connectivity index (χ4v) is 4.24. The van der Waals surface area contributed by atoms with Gasteiger partial charge < -0.3 is 24.3 Å². The largest absolute Gasteiger partial charge is 0.497 e. The predicted octanol–water partition coefficient (Wildman–Crippen LogP) is 0.961. The van der Waals surface area contributed by atoms with Crippen molar-refractivity contribution in [3.63, 3.8) is 0 Å². The molecule has 0 bridgehead atoms. The first kappa shape index (κ1) is 20.2. The smallest absolute Gasteiger partial charge is 0.326 e. The zero-order chi connectivity index (χ0) is 21.3. The number of ether oxygens (including phenoxy) is 2. The van der Waals surface area contributed by atoms with Crippen molar-refractivity contribution in [1.82, 2.24) is 19.8 Å². The SMILES string of the molecule is COc1ccc2c(c1)CN(C(=O)c1cc(=O)[nH]c(=O)[nH]1)CC1(CCCN(C)CC1)O2. The molecule has 2 N–H and O–H groups in total. The zero-order valence-corrected chi connectivity index (χ0v) is 17.2. The Morgan fingerprint density at radius 2 is 2.00 bits per heavy atom. The number of hydrogen-bond acceptors (Lipinski definition) is 6. The third kappa shape index (κ3) is 4.11. The Morgan fingerprint density at radius 3 is 2.77 bits per heavy atom. The molecule has 1 aromatic carbocycles. The van der Waals surface area contributed by atoms with Gasteiger partial charge >= 0.3 is 5.69 Å². The van der Waals surface area contributed by atoms with Crippen LogP contribution in [0.5, 0.6) is 11.5 Å². The molecule has 1 aromatic heterocycles. The van der Waals surface area contributed by atoms with E-state index in [2.05, 4.69) is 21.9 Å². The van der Waals surface area contributed by atoms with Crippen LogP contribution in [0.4, 0.5) is 0 Å². The van der Waals surface area contributed by atoms with Crippen LogP contribution in [0.2, 0.25) is 0 Å². The number of likely N-dealkylation sites (tertiary alicyclic amines) is 1. The summed E-state index contributed by atoms with van der Waals surface area (Å²) in [6, 6.07) is 6.71. The number of H-pyrrole nitrogens is 2. The lowest BCUT2D eigenvalue weighted by atomic mass is 9.93. The number of rotatable bonds is 2. The van der Waals surface area contributed by atoms with E-state index in [0.29, 0.717) is 12.3 Å². The Labute approximate surface area is 173 Å². The van der Waals surface area contributed by atoms with Crippen molar-refractivity contribution in [2.45, 2.75) is 31.4 Å². The molecule has 4 rings (SSSR count). The molecule has 0 radical (unpaired) electrons. The summed E-state index contributed by atoms with van der Waals surface area (Å²) in [5.74, 6) is 0.996. The number of carbonyl (C=O) groups excluding carboxylic acids is 1. The summed E-state index contributed by atoms with van der Waals surface area (Å²) in [6.45, 7) is 2.48.